The van der Waals surface area contributed by atoms with Crippen LogP contribution in [0.4, 0.5) is 0 Å². The molecule has 128 valence electrons. The monoisotopic (exact) mass is 338 g/mol. The third kappa shape index (κ3) is 4.82. The van der Waals surface area contributed by atoms with Crippen LogP contribution in [0.15, 0.2) is 48.5 Å². The van der Waals surface area contributed by atoms with Crippen molar-refractivity contribution in [1.29, 1.82) is 5.26 Å². The minimum atomic E-state index is -0.833. The Bertz CT molecular complexity index is 794. The average Bonchev–Trinajstić information content (AvgIpc) is 2.66. The fourth-order valence-corrected chi connectivity index (χ4v) is 2.31. The molecule has 0 radical (unpaired) electrons. The van der Waals surface area contributed by atoms with Crippen molar-refractivity contribution in [2.24, 2.45) is 0 Å². The molecule has 0 saturated heterocycles. The molecule has 0 unspecified atom stereocenters. The van der Waals surface area contributed by atoms with E-state index in [1.54, 1.807) is 31.4 Å². The highest BCUT2D eigenvalue weighted by molar-refractivity contribution is 5.96. The summed E-state index contributed by atoms with van der Waals surface area (Å²) in [6.07, 6.45) is 0.270. The third-order valence-corrected chi connectivity index (χ3v) is 3.64. The highest BCUT2D eigenvalue weighted by Crippen LogP contribution is 2.15. The van der Waals surface area contributed by atoms with E-state index in [0.717, 1.165) is 5.56 Å². The topological polar surface area (TPSA) is 88.4 Å². The molecule has 1 N–H and O–H groups in total. The lowest BCUT2D eigenvalue weighted by atomic mass is 10.0. The first kappa shape index (κ1) is 18.0. The lowest BCUT2D eigenvalue weighted by Gasteiger charge is -2.17. The lowest BCUT2D eigenvalue weighted by Crippen LogP contribution is -2.43. The second-order valence-electron chi connectivity index (χ2n) is 5.29. The number of benzene rings is 2. The van der Waals surface area contributed by atoms with Gasteiger partial charge in [0.25, 0.3) is 5.91 Å². The van der Waals surface area contributed by atoms with Gasteiger partial charge in [0.2, 0.25) is 0 Å². The highest BCUT2D eigenvalue weighted by Gasteiger charge is 2.22. The first-order valence-corrected chi connectivity index (χ1v) is 7.59. The molecule has 0 aromatic heterocycles. The Hall–Kier alpha value is -3.33. The van der Waals surface area contributed by atoms with Crippen molar-refractivity contribution in [2.45, 2.75) is 12.5 Å². The lowest BCUT2D eigenvalue weighted by molar-refractivity contribution is -0.142. The van der Waals surface area contributed by atoms with Crippen LogP contribution in [0.5, 0.6) is 5.75 Å². The number of hydrogen-bond donors (Lipinski definition) is 1. The number of rotatable bonds is 6. The maximum atomic E-state index is 12.4. The van der Waals surface area contributed by atoms with E-state index in [1.807, 2.05) is 18.2 Å². The van der Waals surface area contributed by atoms with E-state index in [0.29, 0.717) is 16.9 Å². The standard InChI is InChI=1S/C19H18N2O4/c1-24-16-5-3-4-14(10-16)11-17(19(23)25-2)21-18(22)15-8-6-13(12-20)7-9-15/h3-10,17H,11H2,1-2H3,(H,21,22)/t17-/m0/s1. The number of hydrogen-bond acceptors (Lipinski definition) is 5. The molecule has 0 bridgehead atoms. The Kier molecular flexibility index (Phi) is 6.13. The van der Waals surface area contributed by atoms with E-state index in [4.69, 9.17) is 14.7 Å². The number of esters is 1. The quantitative estimate of drug-likeness (QED) is 0.815. The fraction of sp³-hybridized carbons (Fsp3) is 0.211. The molecule has 0 saturated carbocycles. The van der Waals surface area contributed by atoms with Crippen molar-refractivity contribution < 1.29 is 19.1 Å². The van der Waals surface area contributed by atoms with E-state index in [-0.39, 0.29) is 6.42 Å². The summed E-state index contributed by atoms with van der Waals surface area (Å²) >= 11 is 0. The second kappa shape index (κ2) is 8.50. The van der Waals surface area contributed by atoms with Gasteiger partial charge in [0, 0.05) is 12.0 Å². The molecule has 1 atom stereocenters. The maximum absolute atomic E-state index is 12.4. The van der Waals surface area contributed by atoms with Crippen LogP contribution in [-0.4, -0.2) is 32.1 Å². The van der Waals surface area contributed by atoms with E-state index < -0.39 is 17.9 Å². The molecule has 2 aromatic rings. The fourth-order valence-electron chi connectivity index (χ4n) is 2.31. The van der Waals surface area contributed by atoms with Crippen molar-refractivity contribution in [3.05, 3.63) is 65.2 Å². The summed E-state index contributed by atoms with van der Waals surface area (Å²) in [4.78, 5) is 24.4. The number of nitrogens with zero attached hydrogens (tertiary/aromatic N) is 1. The first-order valence-electron chi connectivity index (χ1n) is 7.59. The molecule has 0 aliphatic carbocycles. The van der Waals surface area contributed by atoms with E-state index in [9.17, 15) is 9.59 Å². The molecule has 2 aromatic carbocycles. The molecule has 6 heteroatoms. The number of ether oxygens (including phenoxy) is 2. The average molecular weight is 338 g/mol. The van der Waals surface area contributed by atoms with Gasteiger partial charge in [0.15, 0.2) is 0 Å². The van der Waals surface area contributed by atoms with Gasteiger partial charge >= 0.3 is 5.97 Å². The van der Waals surface area contributed by atoms with Gasteiger partial charge in [0.1, 0.15) is 11.8 Å². The molecule has 0 fully saturated rings. The largest absolute Gasteiger partial charge is 0.497 e. The maximum Gasteiger partial charge on any atom is 0.328 e. The Morgan fingerprint density at radius 2 is 1.88 bits per heavy atom. The Balaban J connectivity index is 2.15. The number of nitrogens with one attached hydrogen (secondary N) is 1. The van der Waals surface area contributed by atoms with Gasteiger partial charge in [-0.15, -0.1) is 0 Å². The summed E-state index contributed by atoms with van der Waals surface area (Å²) in [6, 6.07) is 14.6. The number of methoxy groups -OCH3 is 2. The van der Waals surface area contributed by atoms with Crippen LogP contribution >= 0.6 is 0 Å². The van der Waals surface area contributed by atoms with Crippen molar-refractivity contribution in [3.63, 3.8) is 0 Å². The van der Waals surface area contributed by atoms with Crippen LogP contribution in [-0.2, 0) is 16.0 Å². The van der Waals surface area contributed by atoms with Crippen molar-refractivity contribution in [3.8, 4) is 11.8 Å². The molecule has 0 aliphatic rings. The predicted molar refractivity (Wildman–Crippen MR) is 91.1 cm³/mol. The van der Waals surface area contributed by atoms with Crippen LogP contribution in [0.2, 0.25) is 0 Å². The van der Waals surface area contributed by atoms with E-state index >= 15 is 0 Å². The summed E-state index contributed by atoms with van der Waals surface area (Å²) in [7, 11) is 2.83. The predicted octanol–water partition coefficient (Wildman–Crippen LogP) is 2.08. The van der Waals surface area contributed by atoms with Gasteiger partial charge in [-0.2, -0.15) is 5.26 Å². The third-order valence-electron chi connectivity index (χ3n) is 3.64. The van der Waals surface area contributed by atoms with Gasteiger partial charge in [0.05, 0.1) is 25.9 Å². The van der Waals surface area contributed by atoms with Crippen molar-refractivity contribution >= 4 is 11.9 Å². The van der Waals surface area contributed by atoms with Gasteiger partial charge in [-0.3, -0.25) is 4.79 Å². The number of amides is 1. The van der Waals surface area contributed by atoms with Crippen LogP contribution in [0.25, 0.3) is 0 Å². The van der Waals surface area contributed by atoms with Gasteiger partial charge < -0.3 is 14.8 Å². The normalized spacial score (nSPS) is 11.1. The van der Waals surface area contributed by atoms with Crippen molar-refractivity contribution in [2.75, 3.05) is 14.2 Å². The zero-order valence-corrected chi connectivity index (χ0v) is 14.0. The number of carbonyl (C=O) groups is 2. The summed E-state index contributed by atoms with van der Waals surface area (Å²) < 4.78 is 9.95. The molecule has 25 heavy (non-hydrogen) atoms. The Morgan fingerprint density at radius 3 is 2.48 bits per heavy atom. The molecule has 0 aliphatic heterocycles. The Morgan fingerprint density at radius 1 is 1.16 bits per heavy atom. The summed E-state index contributed by atoms with van der Waals surface area (Å²) in [5.74, 6) is -0.285. The smallest absolute Gasteiger partial charge is 0.328 e. The summed E-state index contributed by atoms with van der Waals surface area (Å²) in [5, 5.41) is 11.5. The molecule has 0 heterocycles. The zero-order valence-electron chi connectivity index (χ0n) is 14.0. The van der Waals surface area contributed by atoms with Crippen LogP contribution in [0, 0.1) is 11.3 Å². The molecule has 1 amide bonds. The first-order chi connectivity index (χ1) is 12.1. The zero-order chi connectivity index (χ0) is 18.2. The van der Waals surface area contributed by atoms with Crippen LogP contribution in [0.3, 0.4) is 0 Å². The van der Waals surface area contributed by atoms with Crippen LogP contribution in [0.1, 0.15) is 21.5 Å². The van der Waals surface area contributed by atoms with Gasteiger partial charge in [-0.05, 0) is 42.0 Å². The Labute approximate surface area is 146 Å². The summed E-state index contributed by atoms with van der Waals surface area (Å²) in [6.45, 7) is 0. The van der Waals surface area contributed by atoms with Crippen molar-refractivity contribution in [1.82, 2.24) is 5.32 Å². The molecule has 0 spiro atoms. The van der Waals surface area contributed by atoms with Gasteiger partial charge in [-0.1, -0.05) is 12.1 Å². The summed E-state index contributed by atoms with van der Waals surface area (Å²) in [5.41, 5.74) is 1.64. The number of carbonyl (C=O) groups excluding carboxylic acids is 2. The van der Waals surface area contributed by atoms with E-state index in [2.05, 4.69) is 5.32 Å². The molecular weight excluding hydrogens is 320 g/mol. The minimum absolute atomic E-state index is 0.270. The second-order valence-corrected chi connectivity index (χ2v) is 5.29. The van der Waals surface area contributed by atoms with E-state index in [1.165, 1.54) is 19.2 Å². The SMILES string of the molecule is COC(=O)[C@H](Cc1cccc(OC)c1)NC(=O)c1ccc(C#N)cc1. The van der Waals surface area contributed by atoms with Crippen LogP contribution < -0.4 is 10.1 Å². The number of nitriles is 1. The highest BCUT2D eigenvalue weighted by atomic mass is 16.5. The minimum Gasteiger partial charge on any atom is -0.497 e. The molecular formula is C19H18N2O4. The molecule has 2 rings (SSSR count). The van der Waals surface area contributed by atoms with Gasteiger partial charge in [-0.25, -0.2) is 4.79 Å². The molecule has 6 nitrogen and oxygen atoms in total.